The highest BCUT2D eigenvalue weighted by Gasteiger charge is 1.97. The van der Waals surface area contributed by atoms with Crippen LogP contribution < -0.4 is 16.9 Å². The molecule has 0 aliphatic heterocycles. The topological polar surface area (TPSA) is 115 Å². The van der Waals surface area contributed by atoms with E-state index in [-0.39, 0.29) is 17.8 Å². The molecule has 1 heterocycles. The molecule has 0 aliphatic carbocycles. The summed E-state index contributed by atoms with van der Waals surface area (Å²) in [5.74, 6) is 0.275. The summed E-state index contributed by atoms with van der Waals surface area (Å²) >= 11 is 0. The first-order chi connectivity index (χ1) is 5.22. The van der Waals surface area contributed by atoms with E-state index in [0.29, 0.717) is 0 Å². The maximum Gasteiger partial charge on any atom is 0.250 e. The average molecular weight is 153 g/mol. The number of hydrogen-bond acceptors (Lipinski definition) is 7. The third-order valence-corrected chi connectivity index (χ3v) is 0.849. The molecule has 0 unspecified atom stereocenters. The van der Waals surface area contributed by atoms with Crippen molar-refractivity contribution in [3.63, 3.8) is 0 Å². The average Bonchev–Trinajstić information content (AvgIpc) is 1.85. The maximum atomic E-state index is 5.25. The van der Waals surface area contributed by atoms with Crippen molar-refractivity contribution >= 4 is 24.6 Å². The standard InChI is InChI=1S/C4H7N7/c1-7-11-4-9-2(5)8-3(6)10-4/h1H2,(H5,5,6,8,9,10,11). The number of anilines is 3. The Balaban J connectivity index is 2.98. The Morgan fingerprint density at radius 1 is 1.18 bits per heavy atom. The summed E-state index contributed by atoms with van der Waals surface area (Å²) in [6.07, 6.45) is 0. The van der Waals surface area contributed by atoms with Crippen LogP contribution in [0.15, 0.2) is 5.10 Å². The van der Waals surface area contributed by atoms with Gasteiger partial charge in [-0.3, -0.25) is 0 Å². The van der Waals surface area contributed by atoms with Crippen molar-refractivity contribution in [3.05, 3.63) is 0 Å². The minimum atomic E-state index is 0.0450. The Kier molecular flexibility index (Phi) is 1.81. The summed E-state index contributed by atoms with van der Waals surface area (Å²) in [6, 6.07) is 0. The zero-order valence-electron chi connectivity index (χ0n) is 5.65. The zero-order chi connectivity index (χ0) is 8.27. The molecule has 1 rings (SSSR count). The van der Waals surface area contributed by atoms with Crippen LogP contribution >= 0.6 is 0 Å². The van der Waals surface area contributed by atoms with Gasteiger partial charge in [-0.05, 0) is 0 Å². The summed E-state index contributed by atoms with van der Waals surface area (Å²) in [4.78, 5) is 10.9. The van der Waals surface area contributed by atoms with Gasteiger partial charge < -0.3 is 11.5 Å². The van der Waals surface area contributed by atoms with E-state index in [1.807, 2.05) is 0 Å². The van der Waals surface area contributed by atoms with Gasteiger partial charge in [0.05, 0.1) is 0 Å². The van der Waals surface area contributed by atoms with Crippen molar-refractivity contribution < 1.29 is 0 Å². The van der Waals surface area contributed by atoms with E-state index < -0.39 is 0 Å². The summed E-state index contributed by atoms with van der Waals surface area (Å²) in [5, 5.41) is 3.32. The van der Waals surface area contributed by atoms with Crippen LogP contribution in [0, 0.1) is 0 Å². The van der Waals surface area contributed by atoms with E-state index in [9.17, 15) is 0 Å². The molecule has 0 bridgehead atoms. The monoisotopic (exact) mass is 153 g/mol. The predicted molar refractivity (Wildman–Crippen MR) is 41.8 cm³/mol. The number of nitrogens with one attached hydrogen (secondary N) is 1. The smallest absolute Gasteiger partial charge is 0.250 e. The summed E-state index contributed by atoms with van der Waals surface area (Å²) in [6.45, 7) is 3.17. The second-order valence-electron chi connectivity index (χ2n) is 1.65. The molecule has 0 saturated carbocycles. The van der Waals surface area contributed by atoms with Gasteiger partial charge in [0, 0.05) is 6.72 Å². The molecular formula is C4H7N7. The second kappa shape index (κ2) is 2.78. The fraction of sp³-hybridized carbons (Fsp3) is 0. The normalized spacial score (nSPS) is 9.09. The Labute approximate surface area is 62.6 Å². The molecule has 1 aromatic heterocycles. The highest BCUT2D eigenvalue weighted by Crippen LogP contribution is 2.02. The van der Waals surface area contributed by atoms with E-state index in [0.717, 1.165) is 0 Å². The Hall–Kier alpha value is -1.92. The Bertz CT molecular complexity index is 249. The molecule has 7 nitrogen and oxygen atoms in total. The molecule has 0 aromatic carbocycles. The van der Waals surface area contributed by atoms with Crippen molar-refractivity contribution in [2.24, 2.45) is 5.10 Å². The van der Waals surface area contributed by atoms with Crippen molar-refractivity contribution in [3.8, 4) is 0 Å². The van der Waals surface area contributed by atoms with Crippen LogP contribution in [0.2, 0.25) is 0 Å². The lowest BCUT2D eigenvalue weighted by Gasteiger charge is -1.98. The number of hydrogen-bond donors (Lipinski definition) is 3. The molecule has 0 amide bonds. The lowest BCUT2D eigenvalue weighted by molar-refractivity contribution is 1.06. The summed E-state index contributed by atoms with van der Waals surface area (Å²) < 4.78 is 0. The molecule has 0 saturated heterocycles. The molecule has 7 heteroatoms. The third-order valence-electron chi connectivity index (χ3n) is 0.849. The van der Waals surface area contributed by atoms with Crippen LogP contribution in [0.25, 0.3) is 0 Å². The SMILES string of the molecule is C=NNc1nc(N)nc(N)n1. The highest BCUT2D eigenvalue weighted by molar-refractivity contribution is 5.38. The molecular weight excluding hydrogens is 146 g/mol. The summed E-state index contributed by atoms with van der Waals surface area (Å²) in [5.41, 5.74) is 12.9. The third kappa shape index (κ3) is 1.75. The molecule has 0 aliphatic rings. The van der Waals surface area contributed by atoms with E-state index >= 15 is 0 Å². The van der Waals surface area contributed by atoms with Gasteiger partial charge in [-0.15, -0.1) is 0 Å². The summed E-state index contributed by atoms with van der Waals surface area (Å²) in [7, 11) is 0. The first kappa shape index (κ1) is 7.19. The lowest BCUT2D eigenvalue weighted by atomic mass is 10.8. The number of nitrogen functional groups attached to an aromatic ring is 2. The van der Waals surface area contributed by atoms with Crippen LogP contribution in [0.4, 0.5) is 17.8 Å². The fourth-order valence-electron chi connectivity index (χ4n) is 0.530. The van der Waals surface area contributed by atoms with Crippen LogP contribution in [-0.2, 0) is 0 Å². The lowest BCUT2D eigenvalue weighted by Crippen LogP contribution is -2.05. The molecule has 0 radical (unpaired) electrons. The first-order valence-corrected chi connectivity index (χ1v) is 2.71. The Morgan fingerprint density at radius 3 is 2.18 bits per heavy atom. The molecule has 58 valence electrons. The van der Waals surface area contributed by atoms with Crippen molar-refractivity contribution in [2.75, 3.05) is 16.9 Å². The van der Waals surface area contributed by atoms with Crippen LogP contribution in [0.5, 0.6) is 0 Å². The van der Waals surface area contributed by atoms with Gasteiger partial charge in [0.25, 0.3) is 0 Å². The minimum absolute atomic E-state index is 0.0450. The fourth-order valence-corrected chi connectivity index (χ4v) is 0.530. The van der Waals surface area contributed by atoms with Gasteiger partial charge in [0.2, 0.25) is 17.8 Å². The van der Waals surface area contributed by atoms with E-state index in [2.05, 4.69) is 32.2 Å². The second-order valence-corrected chi connectivity index (χ2v) is 1.65. The quantitative estimate of drug-likeness (QED) is 0.373. The number of nitrogens with two attached hydrogens (primary N) is 2. The highest BCUT2D eigenvalue weighted by atomic mass is 15.4. The van der Waals surface area contributed by atoms with Gasteiger partial charge in [0.15, 0.2) is 0 Å². The first-order valence-electron chi connectivity index (χ1n) is 2.71. The number of hydrazone groups is 1. The van der Waals surface area contributed by atoms with Crippen molar-refractivity contribution in [1.29, 1.82) is 0 Å². The molecule has 11 heavy (non-hydrogen) atoms. The van der Waals surface area contributed by atoms with Crippen LogP contribution in [0.3, 0.4) is 0 Å². The molecule has 0 atom stereocenters. The van der Waals surface area contributed by atoms with E-state index in [1.54, 1.807) is 0 Å². The van der Waals surface area contributed by atoms with Crippen molar-refractivity contribution in [1.82, 2.24) is 15.0 Å². The maximum absolute atomic E-state index is 5.25. The van der Waals surface area contributed by atoms with Crippen molar-refractivity contribution in [2.45, 2.75) is 0 Å². The molecule has 1 aromatic rings. The Morgan fingerprint density at radius 2 is 1.73 bits per heavy atom. The number of rotatable bonds is 2. The van der Waals surface area contributed by atoms with Gasteiger partial charge in [-0.1, -0.05) is 0 Å². The molecule has 5 N–H and O–H groups in total. The molecule has 0 fully saturated rings. The predicted octanol–water partition coefficient (Wildman–Crippen LogP) is -0.936. The van der Waals surface area contributed by atoms with Crippen LogP contribution in [-0.4, -0.2) is 21.7 Å². The van der Waals surface area contributed by atoms with E-state index in [4.69, 9.17) is 11.5 Å². The molecule has 0 spiro atoms. The van der Waals surface area contributed by atoms with Gasteiger partial charge in [-0.2, -0.15) is 20.1 Å². The minimum Gasteiger partial charge on any atom is -0.368 e. The number of aromatic nitrogens is 3. The van der Waals surface area contributed by atoms with Gasteiger partial charge in [0.1, 0.15) is 0 Å². The zero-order valence-corrected chi connectivity index (χ0v) is 5.65. The van der Waals surface area contributed by atoms with Gasteiger partial charge in [-0.25, -0.2) is 5.43 Å². The van der Waals surface area contributed by atoms with Crippen LogP contribution in [0.1, 0.15) is 0 Å². The van der Waals surface area contributed by atoms with E-state index in [1.165, 1.54) is 0 Å². The van der Waals surface area contributed by atoms with Gasteiger partial charge >= 0.3 is 0 Å². The largest absolute Gasteiger partial charge is 0.368 e. The number of nitrogens with zero attached hydrogens (tertiary/aromatic N) is 4.